The van der Waals surface area contributed by atoms with E-state index in [9.17, 15) is 24.5 Å². The molecule has 0 aliphatic rings. The van der Waals surface area contributed by atoms with Crippen molar-refractivity contribution in [3.8, 4) is 5.75 Å². The number of carbonyl (C=O) groups excluding carboxylic acids is 3. The van der Waals surface area contributed by atoms with Gasteiger partial charge in [-0.05, 0) is 37.3 Å². The van der Waals surface area contributed by atoms with E-state index in [4.69, 9.17) is 9.47 Å². The minimum Gasteiger partial charge on any atom is -0.497 e. The zero-order valence-corrected chi connectivity index (χ0v) is 14.6. The summed E-state index contributed by atoms with van der Waals surface area (Å²) in [6.07, 6.45) is 0. The third kappa shape index (κ3) is 4.88. The molecule has 2 rings (SSSR count). The first kappa shape index (κ1) is 19.6. The fraction of sp³-hybridized carbons (Fsp3) is 0.167. The van der Waals surface area contributed by atoms with Crippen molar-refractivity contribution in [3.63, 3.8) is 0 Å². The van der Waals surface area contributed by atoms with Crippen molar-refractivity contribution in [2.24, 2.45) is 0 Å². The van der Waals surface area contributed by atoms with Crippen molar-refractivity contribution in [2.45, 2.75) is 6.92 Å². The largest absolute Gasteiger partial charge is 0.497 e. The Hall–Kier alpha value is -3.75. The van der Waals surface area contributed by atoms with Gasteiger partial charge >= 0.3 is 5.97 Å². The Morgan fingerprint density at radius 2 is 1.78 bits per heavy atom. The van der Waals surface area contributed by atoms with Crippen LogP contribution >= 0.6 is 0 Å². The molecule has 0 radical (unpaired) electrons. The summed E-state index contributed by atoms with van der Waals surface area (Å²) in [5.74, 6) is -2.02. The molecule has 0 aromatic heterocycles. The number of para-hydroxylation sites is 1. The Balaban J connectivity index is 1.97. The Morgan fingerprint density at radius 1 is 1.11 bits per heavy atom. The van der Waals surface area contributed by atoms with Gasteiger partial charge in [0.2, 0.25) is 0 Å². The van der Waals surface area contributed by atoms with Gasteiger partial charge < -0.3 is 9.47 Å². The summed E-state index contributed by atoms with van der Waals surface area (Å²) in [5.41, 5.74) is -0.162. The molecule has 27 heavy (non-hydrogen) atoms. The second kappa shape index (κ2) is 8.56. The summed E-state index contributed by atoms with van der Waals surface area (Å²) in [5, 5.41) is 13.2. The minimum absolute atomic E-state index is 0.213. The van der Waals surface area contributed by atoms with Crippen LogP contribution in [0.15, 0.2) is 42.5 Å². The molecular weight excluding hydrogens is 356 g/mol. The number of rotatable bonds is 6. The number of hydrogen-bond acceptors (Lipinski definition) is 7. The molecule has 2 aromatic carbocycles. The number of ether oxygens (including phenoxy) is 2. The topological polar surface area (TPSA) is 125 Å². The van der Waals surface area contributed by atoms with E-state index in [1.165, 1.54) is 44.4 Å². The van der Waals surface area contributed by atoms with Crippen LogP contribution in [0, 0.1) is 17.0 Å². The molecule has 0 aliphatic heterocycles. The summed E-state index contributed by atoms with van der Waals surface area (Å²) < 4.78 is 9.75. The van der Waals surface area contributed by atoms with Crippen molar-refractivity contribution in [2.75, 3.05) is 13.7 Å². The van der Waals surface area contributed by atoms with Crippen molar-refractivity contribution in [1.29, 1.82) is 0 Å². The van der Waals surface area contributed by atoms with Crippen molar-refractivity contribution < 1.29 is 28.8 Å². The quantitative estimate of drug-likeness (QED) is 0.467. The van der Waals surface area contributed by atoms with E-state index in [-0.39, 0.29) is 16.7 Å². The standard InChI is InChI=1S/C18H16N2O7/c1-11-4-3-5-14(16(11)20(24)25)18(23)27-10-15(21)19-17(22)12-6-8-13(26-2)9-7-12/h3-9H,10H2,1-2H3,(H,19,21,22). The van der Waals surface area contributed by atoms with Crippen LogP contribution < -0.4 is 10.1 Å². The SMILES string of the molecule is COc1ccc(C(=O)NC(=O)COC(=O)c2cccc(C)c2[N+](=O)[O-])cc1. The predicted molar refractivity (Wildman–Crippen MR) is 93.6 cm³/mol. The van der Waals surface area contributed by atoms with Gasteiger partial charge in [0.1, 0.15) is 11.3 Å². The predicted octanol–water partition coefficient (Wildman–Crippen LogP) is 2.03. The molecule has 0 saturated carbocycles. The van der Waals surface area contributed by atoms with Crippen LogP contribution in [0.5, 0.6) is 5.75 Å². The molecule has 0 spiro atoms. The lowest BCUT2D eigenvalue weighted by Crippen LogP contribution is -2.34. The first-order chi connectivity index (χ1) is 12.8. The molecule has 2 aromatic rings. The summed E-state index contributed by atoms with van der Waals surface area (Å²) in [7, 11) is 1.48. The number of esters is 1. The van der Waals surface area contributed by atoms with Gasteiger partial charge in [-0.15, -0.1) is 0 Å². The van der Waals surface area contributed by atoms with Crippen LogP contribution in [0.3, 0.4) is 0 Å². The lowest BCUT2D eigenvalue weighted by Gasteiger charge is -2.07. The Morgan fingerprint density at radius 3 is 2.37 bits per heavy atom. The molecule has 140 valence electrons. The fourth-order valence-electron chi connectivity index (χ4n) is 2.25. The third-order valence-electron chi connectivity index (χ3n) is 3.58. The smallest absolute Gasteiger partial charge is 0.345 e. The molecule has 0 fully saturated rings. The summed E-state index contributed by atoms with van der Waals surface area (Å²) >= 11 is 0. The molecule has 0 atom stereocenters. The number of benzene rings is 2. The van der Waals surface area contributed by atoms with Crippen LogP contribution in [0.4, 0.5) is 5.69 Å². The van der Waals surface area contributed by atoms with E-state index >= 15 is 0 Å². The lowest BCUT2D eigenvalue weighted by atomic mass is 10.1. The van der Waals surface area contributed by atoms with Gasteiger partial charge in [-0.1, -0.05) is 12.1 Å². The average molecular weight is 372 g/mol. The lowest BCUT2D eigenvalue weighted by molar-refractivity contribution is -0.385. The van der Waals surface area contributed by atoms with Gasteiger partial charge in [-0.2, -0.15) is 0 Å². The van der Waals surface area contributed by atoms with E-state index < -0.39 is 35.0 Å². The number of nitrogens with one attached hydrogen (secondary N) is 1. The van der Waals surface area contributed by atoms with Crippen LogP contribution in [0.2, 0.25) is 0 Å². The number of nitro benzene ring substituents is 1. The van der Waals surface area contributed by atoms with Gasteiger partial charge in [-0.3, -0.25) is 25.0 Å². The van der Waals surface area contributed by atoms with E-state index in [0.717, 1.165) is 0 Å². The van der Waals surface area contributed by atoms with Crippen LogP contribution in [-0.2, 0) is 9.53 Å². The second-order valence-corrected chi connectivity index (χ2v) is 5.41. The second-order valence-electron chi connectivity index (χ2n) is 5.41. The molecule has 0 unspecified atom stereocenters. The van der Waals surface area contributed by atoms with Gasteiger partial charge in [0.05, 0.1) is 12.0 Å². The van der Waals surface area contributed by atoms with Crippen molar-refractivity contribution in [3.05, 3.63) is 69.3 Å². The number of aryl methyl sites for hydroxylation is 1. The Kier molecular flexibility index (Phi) is 6.21. The monoisotopic (exact) mass is 372 g/mol. The van der Waals surface area contributed by atoms with Crippen molar-refractivity contribution >= 4 is 23.5 Å². The van der Waals surface area contributed by atoms with Gasteiger partial charge in [0.15, 0.2) is 6.61 Å². The molecule has 2 amide bonds. The minimum atomic E-state index is -1.03. The average Bonchev–Trinajstić information content (AvgIpc) is 2.65. The molecule has 1 N–H and O–H groups in total. The highest BCUT2D eigenvalue weighted by atomic mass is 16.6. The Bertz CT molecular complexity index is 891. The number of carbonyl (C=O) groups is 3. The van der Waals surface area contributed by atoms with Crippen LogP contribution in [0.1, 0.15) is 26.3 Å². The van der Waals surface area contributed by atoms with E-state index in [1.54, 1.807) is 12.1 Å². The van der Waals surface area contributed by atoms with Gasteiger partial charge in [0.25, 0.3) is 17.5 Å². The number of nitrogens with zero attached hydrogens (tertiary/aromatic N) is 1. The maximum atomic E-state index is 12.0. The van der Waals surface area contributed by atoms with Gasteiger partial charge in [-0.25, -0.2) is 4.79 Å². The molecule has 0 heterocycles. The summed E-state index contributed by atoms with van der Waals surface area (Å²) in [6, 6.07) is 10.2. The van der Waals surface area contributed by atoms with Crippen molar-refractivity contribution in [1.82, 2.24) is 5.32 Å². The molecule has 0 bridgehead atoms. The number of hydrogen-bond donors (Lipinski definition) is 1. The zero-order valence-electron chi connectivity index (χ0n) is 14.6. The summed E-state index contributed by atoms with van der Waals surface area (Å²) in [6.45, 7) is 0.723. The summed E-state index contributed by atoms with van der Waals surface area (Å²) in [4.78, 5) is 46.2. The van der Waals surface area contributed by atoms with E-state index in [0.29, 0.717) is 5.75 Å². The number of nitro groups is 1. The normalized spacial score (nSPS) is 10.0. The van der Waals surface area contributed by atoms with E-state index in [1.807, 2.05) is 0 Å². The highest BCUT2D eigenvalue weighted by molar-refractivity contribution is 6.05. The third-order valence-corrected chi connectivity index (χ3v) is 3.58. The van der Waals surface area contributed by atoms with E-state index in [2.05, 4.69) is 5.32 Å². The Labute approximate surface area is 154 Å². The van der Waals surface area contributed by atoms with Gasteiger partial charge in [0, 0.05) is 11.1 Å². The van der Waals surface area contributed by atoms with Crippen LogP contribution in [0.25, 0.3) is 0 Å². The first-order valence-electron chi connectivity index (χ1n) is 7.73. The fourth-order valence-corrected chi connectivity index (χ4v) is 2.25. The number of methoxy groups -OCH3 is 1. The molecule has 0 saturated heterocycles. The van der Waals surface area contributed by atoms with Crippen LogP contribution in [-0.4, -0.2) is 36.4 Å². The maximum absolute atomic E-state index is 12.0. The highest BCUT2D eigenvalue weighted by Gasteiger charge is 2.24. The molecule has 9 nitrogen and oxygen atoms in total. The molecule has 9 heteroatoms. The molecule has 0 aliphatic carbocycles. The number of amides is 2. The zero-order chi connectivity index (χ0) is 20.0. The maximum Gasteiger partial charge on any atom is 0.345 e. The molecular formula is C18H16N2O7. The number of imide groups is 1. The highest BCUT2D eigenvalue weighted by Crippen LogP contribution is 2.23. The first-order valence-corrected chi connectivity index (χ1v) is 7.73.